The number of benzene rings is 1. The van der Waals surface area contributed by atoms with Crippen LogP contribution in [0.2, 0.25) is 0 Å². The molecule has 4 nitrogen and oxygen atoms in total. The zero-order chi connectivity index (χ0) is 13.7. The summed E-state index contributed by atoms with van der Waals surface area (Å²) in [6.45, 7) is -1.39. The molecule has 0 fully saturated rings. The summed E-state index contributed by atoms with van der Waals surface area (Å²) in [5, 5.41) is 2.91. The molecule has 0 aliphatic rings. The van der Waals surface area contributed by atoms with Crippen molar-refractivity contribution in [2.45, 2.75) is 6.18 Å². The predicted octanol–water partition coefficient (Wildman–Crippen LogP) is 3.16. The summed E-state index contributed by atoms with van der Waals surface area (Å²) in [6, 6.07) is 9.08. The van der Waals surface area contributed by atoms with Gasteiger partial charge in [0.05, 0.1) is 12.4 Å². The molecule has 19 heavy (non-hydrogen) atoms. The van der Waals surface area contributed by atoms with E-state index in [1.165, 1.54) is 6.20 Å². The average Bonchev–Trinajstić information content (AvgIpc) is 2.37. The van der Waals surface area contributed by atoms with E-state index in [1.807, 2.05) is 18.2 Å². The van der Waals surface area contributed by atoms with Crippen LogP contribution in [0.1, 0.15) is 0 Å². The first-order chi connectivity index (χ1) is 9.03. The lowest BCUT2D eigenvalue weighted by atomic mass is 10.3. The lowest BCUT2D eigenvalue weighted by Crippen LogP contribution is -2.19. The van der Waals surface area contributed by atoms with Crippen LogP contribution in [0.3, 0.4) is 0 Å². The Labute approximate surface area is 107 Å². The zero-order valence-corrected chi connectivity index (χ0v) is 9.69. The molecule has 1 heterocycles. The van der Waals surface area contributed by atoms with E-state index in [9.17, 15) is 13.2 Å². The number of alkyl halides is 3. The second-order valence-electron chi connectivity index (χ2n) is 3.64. The standard InChI is InChI=1S/C12H10F3N3O/c13-12(14,15)8-19-11-7-16-6-10(18-11)17-9-4-2-1-3-5-9/h1-7H,8H2,(H,17,18). The van der Waals surface area contributed by atoms with Crippen LogP contribution in [0.25, 0.3) is 0 Å². The van der Waals surface area contributed by atoms with Crippen LogP contribution in [0.4, 0.5) is 24.7 Å². The summed E-state index contributed by atoms with van der Waals surface area (Å²) in [7, 11) is 0. The molecule has 1 aromatic heterocycles. The largest absolute Gasteiger partial charge is 0.467 e. The van der Waals surface area contributed by atoms with Crippen LogP contribution in [-0.4, -0.2) is 22.8 Å². The van der Waals surface area contributed by atoms with E-state index in [2.05, 4.69) is 20.0 Å². The quantitative estimate of drug-likeness (QED) is 0.926. The number of hydrogen-bond acceptors (Lipinski definition) is 4. The van der Waals surface area contributed by atoms with Crippen molar-refractivity contribution < 1.29 is 17.9 Å². The van der Waals surface area contributed by atoms with E-state index in [4.69, 9.17) is 0 Å². The van der Waals surface area contributed by atoms with Gasteiger partial charge < -0.3 is 10.1 Å². The van der Waals surface area contributed by atoms with Crippen LogP contribution in [0, 0.1) is 0 Å². The SMILES string of the molecule is FC(F)(F)COc1cncc(Nc2ccccc2)n1. The molecule has 7 heteroatoms. The molecule has 100 valence electrons. The van der Waals surface area contributed by atoms with Crippen molar-refractivity contribution in [2.24, 2.45) is 0 Å². The highest BCUT2D eigenvalue weighted by Gasteiger charge is 2.28. The van der Waals surface area contributed by atoms with Gasteiger partial charge in [-0.1, -0.05) is 18.2 Å². The maximum Gasteiger partial charge on any atom is 0.422 e. The Bertz CT molecular complexity index is 531. The Balaban J connectivity index is 2.03. The van der Waals surface area contributed by atoms with Crippen LogP contribution in [-0.2, 0) is 0 Å². The summed E-state index contributed by atoms with van der Waals surface area (Å²) in [5.41, 5.74) is 0.754. The van der Waals surface area contributed by atoms with Gasteiger partial charge in [-0.2, -0.15) is 18.2 Å². The van der Waals surface area contributed by atoms with Crippen molar-refractivity contribution in [1.29, 1.82) is 0 Å². The van der Waals surface area contributed by atoms with E-state index < -0.39 is 12.8 Å². The maximum atomic E-state index is 12.0. The molecule has 0 atom stereocenters. The second-order valence-corrected chi connectivity index (χ2v) is 3.64. The van der Waals surface area contributed by atoms with Gasteiger partial charge in [-0.05, 0) is 12.1 Å². The van der Waals surface area contributed by atoms with Crippen LogP contribution < -0.4 is 10.1 Å². The van der Waals surface area contributed by atoms with Crippen molar-refractivity contribution in [3.8, 4) is 5.88 Å². The van der Waals surface area contributed by atoms with Gasteiger partial charge >= 0.3 is 6.18 Å². The summed E-state index contributed by atoms with van der Waals surface area (Å²) in [5.74, 6) is 0.129. The molecule has 0 radical (unpaired) electrons. The zero-order valence-electron chi connectivity index (χ0n) is 9.69. The molecular weight excluding hydrogens is 259 g/mol. The molecule has 0 saturated heterocycles. The van der Waals surface area contributed by atoms with Crippen molar-refractivity contribution in [2.75, 3.05) is 11.9 Å². The Morgan fingerprint density at radius 1 is 1.11 bits per heavy atom. The first-order valence-electron chi connectivity index (χ1n) is 5.36. The Morgan fingerprint density at radius 3 is 2.53 bits per heavy atom. The highest BCUT2D eigenvalue weighted by Crippen LogP contribution is 2.19. The normalized spacial score (nSPS) is 11.1. The number of hydrogen-bond donors (Lipinski definition) is 1. The summed E-state index contributed by atoms with van der Waals surface area (Å²) >= 11 is 0. The minimum atomic E-state index is -4.40. The third-order valence-electron chi connectivity index (χ3n) is 2.04. The molecule has 0 bridgehead atoms. The minimum absolute atomic E-state index is 0.182. The molecule has 0 aliphatic carbocycles. The lowest BCUT2D eigenvalue weighted by molar-refractivity contribution is -0.154. The number of nitrogens with one attached hydrogen (secondary N) is 1. The van der Waals surface area contributed by atoms with E-state index in [-0.39, 0.29) is 5.88 Å². The van der Waals surface area contributed by atoms with Gasteiger partial charge in [0.1, 0.15) is 0 Å². The Morgan fingerprint density at radius 2 is 1.84 bits per heavy atom. The topological polar surface area (TPSA) is 47.0 Å². The van der Waals surface area contributed by atoms with Gasteiger partial charge in [-0.3, -0.25) is 4.98 Å². The van der Waals surface area contributed by atoms with Crippen molar-refractivity contribution in [3.63, 3.8) is 0 Å². The number of rotatable bonds is 4. The molecular formula is C12H10F3N3O. The van der Waals surface area contributed by atoms with Crippen molar-refractivity contribution in [1.82, 2.24) is 9.97 Å². The molecule has 0 spiro atoms. The summed E-state index contributed by atoms with van der Waals surface area (Å²) in [6.07, 6.45) is -1.88. The van der Waals surface area contributed by atoms with E-state index >= 15 is 0 Å². The number of ether oxygens (including phenoxy) is 1. The minimum Gasteiger partial charge on any atom is -0.467 e. The highest BCUT2D eigenvalue weighted by molar-refractivity contribution is 5.55. The van der Waals surface area contributed by atoms with Crippen LogP contribution in [0.5, 0.6) is 5.88 Å². The molecule has 0 amide bonds. The third-order valence-corrected chi connectivity index (χ3v) is 2.04. The predicted molar refractivity (Wildman–Crippen MR) is 63.3 cm³/mol. The molecule has 1 aromatic carbocycles. The van der Waals surface area contributed by atoms with Gasteiger partial charge in [0, 0.05) is 5.69 Å². The van der Waals surface area contributed by atoms with E-state index in [0.29, 0.717) is 5.82 Å². The smallest absolute Gasteiger partial charge is 0.422 e. The molecule has 0 saturated carbocycles. The number of halogens is 3. The van der Waals surface area contributed by atoms with Gasteiger partial charge in [-0.25, -0.2) is 0 Å². The van der Waals surface area contributed by atoms with E-state index in [1.54, 1.807) is 12.1 Å². The molecule has 2 rings (SSSR count). The summed E-state index contributed by atoms with van der Waals surface area (Å²) < 4.78 is 40.5. The molecule has 2 aromatic rings. The monoisotopic (exact) mass is 269 g/mol. The number of para-hydroxylation sites is 1. The molecule has 0 aliphatic heterocycles. The summed E-state index contributed by atoms with van der Waals surface area (Å²) in [4.78, 5) is 7.64. The number of nitrogens with zero attached hydrogens (tertiary/aromatic N) is 2. The second kappa shape index (κ2) is 5.55. The third kappa shape index (κ3) is 4.46. The fourth-order valence-corrected chi connectivity index (χ4v) is 1.30. The Kier molecular flexibility index (Phi) is 3.84. The van der Waals surface area contributed by atoms with Gasteiger partial charge in [-0.15, -0.1) is 0 Å². The van der Waals surface area contributed by atoms with Gasteiger partial charge in [0.25, 0.3) is 0 Å². The van der Waals surface area contributed by atoms with Gasteiger partial charge in [0.2, 0.25) is 5.88 Å². The fourth-order valence-electron chi connectivity index (χ4n) is 1.30. The average molecular weight is 269 g/mol. The van der Waals surface area contributed by atoms with Crippen molar-refractivity contribution in [3.05, 3.63) is 42.7 Å². The maximum absolute atomic E-state index is 12.0. The molecule has 0 unspecified atom stereocenters. The number of aromatic nitrogens is 2. The van der Waals surface area contributed by atoms with Crippen LogP contribution in [0.15, 0.2) is 42.7 Å². The Hall–Kier alpha value is -2.31. The number of anilines is 2. The first-order valence-corrected chi connectivity index (χ1v) is 5.36. The fraction of sp³-hybridized carbons (Fsp3) is 0.167. The lowest BCUT2D eigenvalue weighted by Gasteiger charge is -2.09. The van der Waals surface area contributed by atoms with Gasteiger partial charge in [0.15, 0.2) is 12.4 Å². The molecule has 1 N–H and O–H groups in total. The van der Waals surface area contributed by atoms with Crippen LogP contribution >= 0.6 is 0 Å². The highest BCUT2D eigenvalue weighted by atomic mass is 19.4. The van der Waals surface area contributed by atoms with Crippen molar-refractivity contribution >= 4 is 11.5 Å². The first kappa shape index (κ1) is 13.1. The van der Waals surface area contributed by atoms with E-state index in [0.717, 1.165) is 11.9 Å².